The van der Waals surface area contributed by atoms with Crippen LogP contribution in [0.2, 0.25) is 0 Å². The monoisotopic (exact) mass is 508 g/mol. The lowest BCUT2D eigenvalue weighted by Gasteiger charge is -2.07. The van der Waals surface area contributed by atoms with Crippen molar-refractivity contribution in [1.82, 2.24) is 29.6 Å². The molecular formula is C22H17BrN6O2S. The van der Waals surface area contributed by atoms with Crippen LogP contribution in [0.3, 0.4) is 0 Å². The number of nitrogens with zero attached hydrogens (tertiary/aromatic N) is 5. The molecule has 2 aromatic carbocycles. The summed E-state index contributed by atoms with van der Waals surface area (Å²) in [5, 5.41) is 8.02. The molecule has 1 N–H and O–H groups in total. The second-order valence-corrected chi connectivity index (χ2v) is 9.10. The Hall–Kier alpha value is -3.37. The van der Waals surface area contributed by atoms with Gasteiger partial charge in [-0.25, -0.2) is 14.6 Å². The lowest BCUT2D eigenvalue weighted by molar-refractivity contribution is 0.0952. The molecule has 0 fully saturated rings. The van der Waals surface area contributed by atoms with Gasteiger partial charge in [0.25, 0.3) is 11.5 Å². The summed E-state index contributed by atoms with van der Waals surface area (Å²) in [6.07, 6.45) is 3.06. The molecule has 5 rings (SSSR count). The first-order chi connectivity index (χ1) is 15.6. The van der Waals surface area contributed by atoms with E-state index in [2.05, 4.69) is 36.3 Å². The van der Waals surface area contributed by atoms with Crippen molar-refractivity contribution in [2.75, 3.05) is 6.54 Å². The van der Waals surface area contributed by atoms with Crippen LogP contribution in [0.1, 0.15) is 15.4 Å². The molecule has 0 saturated heterocycles. The van der Waals surface area contributed by atoms with Crippen molar-refractivity contribution >= 4 is 54.4 Å². The molecule has 0 aliphatic carbocycles. The van der Waals surface area contributed by atoms with Gasteiger partial charge < -0.3 is 5.32 Å². The van der Waals surface area contributed by atoms with Gasteiger partial charge in [0.1, 0.15) is 11.7 Å². The molecule has 10 heteroatoms. The summed E-state index contributed by atoms with van der Waals surface area (Å²) in [4.78, 5) is 34.1. The number of rotatable bonds is 6. The summed E-state index contributed by atoms with van der Waals surface area (Å²) in [6.45, 7) is 1.16. The largest absolute Gasteiger partial charge is 0.348 e. The Balaban J connectivity index is 1.27. The van der Waals surface area contributed by atoms with Crippen LogP contribution in [-0.4, -0.2) is 36.8 Å². The van der Waals surface area contributed by atoms with Gasteiger partial charge in [0, 0.05) is 11.0 Å². The van der Waals surface area contributed by atoms with Crippen molar-refractivity contribution in [1.29, 1.82) is 0 Å². The maximum atomic E-state index is 12.8. The van der Waals surface area contributed by atoms with Gasteiger partial charge in [0.15, 0.2) is 10.7 Å². The van der Waals surface area contributed by atoms with Crippen LogP contribution in [0.25, 0.3) is 21.3 Å². The van der Waals surface area contributed by atoms with Gasteiger partial charge in [-0.05, 0) is 29.8 Å². The van der Waals surface area contributed by atoms with Crippen molar-refractivity contribution < 1.29 is 4.79 Å². The van der Waals surface area contributed by atoms with Crippen LogP contribution < -0.4 is 10.9 Å². The highest BCUT2D eigenvalue weighted by atomic mass is 79.9. The summed E-state index contributed by atoms with van der Waals surface area (Å²) in [5.41, 5.74) is 2.16. The number of carbonyl (C=O) groups is 1. The van der Waals surface area contributed by atoms with Crippen LogP contribution in [0.4, 0.5) is 0 Å². The highest BCUT2D eigenvalue weighted by molar-refractivity contribution is 9.10. The number of thiazole rings is 1. The number of benzene rings is 2. The molecular weight excluding hydrogens is 492 g/mol. The third kappa shape index (κ3) is 4.06. The Bertz CT molecular complexity index is 1460. The minimum absolute atomic E-state index is 0.150. The Morgan fingerprint density at radius 2 is 1.94 bits per heavy atom. The van der Waals surface area contributed by atoms with E-state index < -0.39 is 0 Å². The van der Waals surface area contributed by atoms with Crippen LogP contribution in [0.15, 0.2) is 70.3 Å². The molecule has 32 heavy (non-hydrogen) atoms. The van der Waals surface area contributed by atoms with Gasteiger partial charge >= 0.3 is 0 Å². The summed E-state index contributed by atoms with van der Waals surface area (Å²) in [5.74, 6) is -0.229. The Kier molecular flexibility index (Phi) is 5.54. The standard InChI is InChI=1S/C22H17BrN6O2S/c23-15-7-5-14(6-8-15)12-28-13-25-19-16(22(28)31)11-26-29(19)10-9-24-20(30)21-27-17-3-1-2-4-18(17)32-21/h1-8,11,13H,9-10,12H2,(H,24,30). The molecule has 0 aliphatic rings. The fourth-order valence-electron chi connectivity index (χ4n) is 3.38. The van der Waals surface area contributed by atoms with E-state index >= 15 is 0 Å². The number of hydrogen-bond acceptors (Lipinski definition) is 6. The third-order valence-corrected chi connectivity index (χ3v) is 6.55. The molecule has 0 bridgehead atoms. The smallest absolute Gasteiger partial charge is 0.280 e. The summed E-state index contributed by atoms with van der Waals surface area (Å²) >= 11 is 4.77. The number of amides is 1. The van der Waals surface area contributed by atoms with E-state index in [1.807, 2.05) is 48.5 Å². The van der Waals surface area contributed by atoms with E-state index in [0.717, 1.165) is 20.3 Å². The maximum absolute atomic E-state index is 12.8. The molecule has 0 radical (unpaired) electrons. The first-order valence-electron chi connectivity index (χ1n) is 9.88. The van der Waals surface area contributed by atoms with Crippen molar-refractivity contribution in [2.24, 2.45) is 0 Å². The highest BCUT2D eigenvalue weighted by Crippen LogP contribution is 2.21. The minimum atomic E-state index is -0.229. The quantitative estimate of drug-likeness (QED) is 0.379. The second kappa shape index (κ2) is 8.64. The number of para-hydroxylation sites is 1. The Morgan fingerprint density at radius 3 is 2.75 bits per heavy atom. The van der Waals surface area contributed by atoms with Crippen LogP contribution in [-0.2, 0) is 13.1 Å². The highest BCUT2D eigenvalue weighted by Gasteiger charge is 2.13. The van der Waals surface area contributed by atoms with E-state index in [-0.39, 0.29) is 11.5 Å². The normalized spacial score (nSPS) is 11.3. The van der Waals surface area contributed by atoms with Crippen LogP contribution in [0.5, 0.6) is 0 Å². The van der Waals surface area contributed by atoms with Gasteiger partial charge in [-0.15, -0.1) is 11.3 Å². The van der Waals surface area contributed by atoms with Crippen molar-refractivity contribution in [3.8, 4) is 0 Å². The lowest BCUT2D eigenvalue weighted by atomic mass is 10.2. The van der Waals surface area contributed by atoms with Crippen molar-refractivity contribution in [3.05, 3.63) is 86.5 Å². The Labute approximate surface area is 194 Å². The maximum Gasteiger partial charge on any atom is 0.280 e. The summed E-state index contributed by atoms with van der Waals surface area (Å²) < 4.78 is 5.14. The fraction of sp³-hybridized carbons (Fsp3) is 0.136. The predicted molar refractivity (Wildman–Crippen MR) is 127 cm³/mol. The third-order valence-electron chi connectivity index (χ3n) is 4.99. The first-order valence-corrected chi connectivity index (χ1v) is 11.5. The van der Waals surface area contributed by atoms with Gasteiger partial charge in [-0.2, -0.15) is 5.10 Å². The van der Waals surface area contributed by atoms with Gasteiger partial charge in [0.2, 0.25) is 0 Å². The van der Waals surface area contributed by atoms with Gasteiger partial charge in [-0.1, -0.05) is 40.2 Å². The fourth-order valence-corrected chi connectivity index (χ4v) is 4.53. The average molecular weight is 509 g/mol. The first kappa shape index (κ1) is 20.5. The number of fused-ring (bicyclic) bond motifs is 2. The molecule has 0 unspecified atom stereocenters. The average Bonchev–Trinajstić information content (AvgIpc) is 3.42. The van der Waals surface area contributed by atoms with E-state index in [9.17, 15) is 9.59 Å². The van der Waals surface area contributed by atoms with E-state index in [4.69, 9.17) is 0 Å². The Morgan fingerprint density at radius 1 is 1.12 bits per heavy atom. The topological polar surface area (TPSA) is 94.7 Å². The zero-order valence-corrected chi connectivity index (χ0v) is 19.1. The summed E-state index contributed by atoms with van der Waals surface area (Å²) in [6, 6.07) is 15.4. The van der Waals surface area contributed by atoms with Gasteiger partial charge in [-0.3, -0.25) is 14.2 Å². The molecule has 1 amide bonds. The molecule has 0 saturated carbocycles. The molecule has 5 aromatic rings. The molecule has 3 aromatic heterocycles. The van der Waals surface area contributed by atoms with Crippen LogP contribution >= 0.6 is 27.3 Å². The number of hydrogen-bond donors (Lipinski definition) is 1. The second-order valence-electron chi connectivity index (χ2n) is 7.15. The minimum Gasteiger partial charge on any atom is -0.348 e. The molecule has 0 aliphatic heterocycles. The molecule has 160 valence electrons. The SMILES string of the molecule is O=C(NCCn1ncc2c(=O)n(Cc3ccc(Br)cc3)cnc21)c1nc2ccccc2s1. The lowest BCUT2D eigenvalue weighted by Crippen LogP contribution is -2.27. The molecule has 0 spiro atoms. The van der Waals surface area contributed by atoms with E-state index in [1.165, 1.54) is 23.9 Å². The molecule has 3 heterocycles. The zero-order chi connectivity index (χ0) is 22.1. The number of carbonyl (C=O) groups excluding carboxylic acids is 1. The number of nitrogens with one attached hydrogen (secondary N) is 1. The van der Waals surface area contributed by atoms with E-state index in [0.29, 0.717) is 35.7 Å². The summed E-state index contributed by atoms with van der Waals surface area (Å²) in [7, 11) is 0. The predicted octanol–water partition coefficient (Wildman–Crippen LogP) is 3.44. The van der Waals surface area contributed by atoms with Crippen LogP contribution in [0, 0.1) is 0 Å². The number of halogens is 1. The van der Waals surface area contributed by atoms with Gasteiger partial charge in [0.05, 0.1) is 29.5 Å². The molecule has 0 atom stereocenters. The number of aromatic nitrogens is 5. The van der Waals surface area contributed by atoms with Crippen molar-refractivity contribution in [3.63, 3.8) is 0 Å². The van der Waals surface area contributed by atoms with Crippen molar-refractivity contribution in [2.45, 2.75) is 13.1 Å². The molecule has 8 nitrogen and oxygen atoms in total. The zero-order valence-electron chi connectivity index (χ0n) is 16.7. The van der Waals surface area contributed by atoms with E-state index in [1.54, 1.807) is 9.25 Å².